The molecular weight excluding hydrogens is 239 g/mol. The fourth-order valence-corrected chi connectivity index (χ4v) is 1.51. The van der Waals surface area contributed by atoms with Crippen LogP contribution in [0, 0.1) is 17.7 Å². The second kappa shape index (κ2) is 4.90. The van der Waals surface area contributed by atoms with E-state index in [1.807, 2.05) is 0 Å². The van der Waals surface area contributed by atoms with Crippen molar-refractivity contribution < 1.29 is 9.50 Å². The standard InChI is InChI=1S/C14H8ClFO/c15-12-3-1-2-10(8-12)4-5-11-9-13(17)6-7-14(11)16/h1-3,6-9,17H. The predicted molar refractivity (Wildman–Crippen MR) is 65.5 cm³/mol. The largest absolute Gasteiger partial charge is 0.508 e. The van der Waals surface area contributed by atoms with Crippen molar-refractivity contribution in [2.24, 2.45) is 0 Å². The number of halogens is 2. The number of phenolic OH excluding ortho intramolecular Hbond substituents is 1. The summed E-state index contributed by atoms with van der Waals surface area (Å²) >= 11 is 5.80. The van der Waals surface area contributed by atoms with Gasteiger partial charge in [0.05, 0.1) is 5.56 Å². The lowest BCUT2D eigenvalue weighted by atomic mass is 10.1. The van der Waals surface area contributed by atoms with Crippen LogP contribution in [0.25, 0.3) is 0 Å². The van der Waals surface area contributed by atoms with Gasteiger partial charge in [-0.1, -0.05) is 29.5 Å². The van der Waals surface area contributed by atoms with Crippen molar-refractivity contribution in [3.8, 4) is 17.6 Å². The van der Waals surface area contributed by atoms with E-state index in [0.29, 0.717) is 10.6 Å². The summed E-state index contributed by atoms with van der Waals surface area (Å²) in [4.78, 5) is 0. The van der Waals surface area contributed by atoms with E-state index < -0.39 is 5.82 Å². The Morgan fingerprint density at radius 1 is 1.06 bits per heavy atom. The number of hydrogen-bond acceptors (Lipinski definition) is 1. The molecule has 0 saturated heterocycles. The van der Waals surface area contributed by atoms with E-state index in [9.17, 15) is 9.50 Å². The molecule has 1 nitrogen and oxygen atoms in total. The Bertz CT molecular complexity index is 611. The van der Waals surface area contributed by atoms with Gasteiger partial charge in [0.1, 0.15) is 11.6 Å². The van der Waals surface area contributed by atoms with Crippen LogP contribution in [0.2, 0.25) is 5.02 Å². The van der Waals surface area contributed by atoms with Crippen LogP contribution in [0.5, 0.6) is 5.75 Å². The van der Waals surface area contributed by atoms with Gasteiger partial charge >= 0.3 is 0 Å². The summed E-state index contributed by atoms with van der Waals surface area (Å²) in [5.74, 6) is 4.96. The second-order valence-electron chi connectivity index (χ2n) is 3.42. The molecule has 3 heteroatoms. The molecule has 0 saturated carbocycles. The van der Waals surface area contributed by atoms with Crippen molar-refractivity contribution in [2.75, 3.05) is 0 Å². The van der Waals surface area contributed by atoms with Crippen molar-refractivity contribution >= 4 is 11.6 Å². The van der Waals surface area contributed by atoms with E-state index in [0.717, 1.165) is 0 Å². The number of aromatic hydroxyl groups is 1. The molecule has 0 bridgehead atoms. The first kappa shape index (κ1) is 11.5. The highest BCUT2D eigenvalue weighted by molar-refractivity contribution is 6.30. The zero-order valence-electron chi connectivity index (χ0n) is 8.74. The van der Waals surface area contributed by atoms with E-state index >= 15 is 0 Å². The van der Waals surface area contributed by atoms with E-state index in [2.05, 4.69) is 11.8 Å². The van der Waals surface area contributed by atoms with Crippen molar-refractivity contribution in [3.05, 3.63) is 64.4 Å². The third kappa shape index (κ3) is 2.99. The Labute approximate surface area is 103 Å². The lowest BCUT2D eigenvalue weighted by Gasteiger charge is -1.95. The first-order chi connectivity index (χ1) is 8.15. The minimum Gasteiger partial charge on any atom is -0.508 e. The van der Waals surface area contributed by atoms with Gasteiger partial charge in [-0.25, -0.2) is 4.39 Å². The molecule has 2 rings (SSSR count). The summed E-state index contributed by atoms with van der Waals surface area (Å²) in [6.07, 6.45) is 0. The van der Waals surface area contributed by atoms with Crippen LogP contribution in [0.15, 0.2) is 42.5 Å². The lowest BCUT2D eigenvalue weighted by molar-refractivity contribution is 0.472. The van der Waals surface area contributed by atoms with Crippen LogP contribution in [-0.2, 0) is 0 Å². The van der Waals surface area contributed by atoms with Crippen LogP contribution in [0.3, 0.4) is 0 Å². The van der Waals surface area contributed by atoms with Gasteiger partial charge in [0.2, 0.25) is 0 Å². The normalized spacial score (nSPS) is 9.53. The van der Waals surface area contributed by atoms with Gasteiger partial charge in [-0.3, -0.25) is 0 Å². The minimum atomic E-state index is -0.461. The van der Waals surface area contributed by atoms with Crippen LogP contribution in [-0.4, -0.2) is 5.11 Å². The zero-order valence-corrected chi connectivity index (χ0v) is 9.50. The monoisotopic (exact) mass is 246 g/mol. The van der Waals surface area contributed by atoms with Gasteiger partial charge in [0.25, 0.3) is 0 Å². The number of benzene rings is 2. The van der Waals surface area contributed by atoms with Crippen molar-refractivity contribution in [1.82, 2.24) is 0 Å². The quantitative estimate of drug-likeness (QED) is 0.705. The number of phenols is 1. The lowest BCUT2D eigenvalue weighted by Crippen LogP contribution is -1.82. The summed E-state index contributed by atoms with van der Waals surface area (Å²) in [5, 5.41) is 9.80. The van der Waals surface area contributed by atoms with Gasteiger partial charge in [0.15, 0.2) is 0 Å². The molecule has 0 spiro atoms. The topological polar surface area (TPSA) is 20.2 Å². The van der Waals surface area contributed by atoms with Gasteiger partial charge in [-0.05, 0) is 36.4 Å². The molecule has 0 unspecified atom stereocenters. The molecule has 2 aromatic rings. The molecule has 0 aliphatic heterocycles. The average molecular weight is 247 g/mol. The number of hydrogen-bond donors (Lipinski definition) is 1. The first-order valence-electron chi connectivity index (χ1n) is 4.91. The molecule has 0 radical (unpaired) electrons. The van der Waals surface area contributed by atoms with Crippen LogP contribution < -0.4 is 0 Å². The number of rotatable bonds is 0. The Morgan fingerprint density at radius 3 is 2.65 bits per heavy atom. The maximum absolute atomic E-state index is 13.3. The molecular formula is C14H8ClFO. The SMILES string of the molecule is Oc1ccc(F)c(C#Cc2cccc(Cl)c2)c1. The van der Waals surface area contributed by atoms with Crippen molar-refractivity contribution in [2.45, 2.75) is 0 Å². The third-order valence-electron chi connectivity index (χ3n) is 2.12. The summed E-state index contributed by atoms with van der Waals surface area (Å²) in [7, 11) is 0. The van der Waals surface area contributed by atoms with Gasteiger partial charge in [0, 0.05) is 10.6 Å². The molecule has 0 fully saturated rings. The van der Waals surface area contributed by atoms with Crippen LogP contribution >= 0.6 is 11.6 Å². The summed E-state index contributed by atoms with van der Waals surface area (Å²) in [5.41, 5.74) is 0.852. The molecule has 2 aromatic carbocycles. The molecule has 0 aliphatic carbocycles. The maximum atomic E-state index is 13.3. The second-order valence-corrected chi connectivity index (χ2v) is 3.86. The zero-order chi connectivity index (χ0) is 12.3. The van der Waals surface area contributed by atoms with Crippen molar-refractivity contribution in [1.29, 1.82) is 0 Å². The van der Waals surface area contributed by atoms with E-state index in [1.165, 1.54) is 18.2 Å². The van der Waals surface area contributed by atoms with Gasteiger partial charge < -0.3 is 5.11 Å². The fraction of sp³-hybridized carbons (Fsp3) is 0. The Hall–Kier alpha value is -1.98. The highest BCUT2D eigenvalue weighted by Gasteiger charge is 1.99. The van der Waals surface area contributed by atoms with Gasteiger partial charge in [-0.15, -0.1) is 0 Å². The van der Waals surface area contributed by atoms with Crippen LogP contribution in [0.1, 0.15) is 11.1 Å². The molecule has 0 aromatic heterocycles. The van der Waals surface area contributed by atoms with Crippen LogP contribution in [0.4, 0.5) is 4.39 Å². The van der Waals surface area contributed by atoms with E-state index in [-0.39, 0.29) is 11.3 Å². The average Bonchev–Trinajstić information content (AvgIpc) is 2.30. The smallest absolute Gasteiger partial charge is 0.139 e. The van der Waals surface area contributed by atoms with Crippen molar-refractivity contribution in [3.63, 3.8) is 0 Å². The molecule has 84 valence electrons. The summed E-state index contributed by atoms with van der Waals surface area (Å²) in [6, 6.07) is 10.7. The molecule has 17 heavy (non-hydrogen) atoms. The van der Waals surface area contributed by atoms with E-state index in [1.54, 1.807) is 24.3 Å². The predicted octanol–water partition coefficient (Wildman–Crippen LogP) is 3.58. The summed E-state index contributed by atoms with van der Waals surface area (Å²) in [6.45, 7) is 0. The molecule has 1 N–H and O–H groups in total. The summed E-state index contributed by atoms with van der Waals surface area (Å²) < 4.78 is 13.3. The molecule has 0 aliphatic rings. The highest BCUT2D eigenvalue weighted by atomic mass is 35.5. The maximum Gasteiger partial charge on any atom is 0.139 e. The first-order valence-corrected chi connectivity index (χ1v) is 5.29. The Morgan fingerprint density at radius 2 is 1.88 bits per heavy atom. The molecule has 0 heterocycles. The third-order valence-corrected chi connectivity index (χ3v) is 2.35. The Balaban J connectivity index is 2.36. The molecule has 0 atom stereocenters. The molecule has 0 amide bonds. The van der Waals surface area contributed by atoms with E-state index in [4.69, 9.17) is 11.6 Å². The minimum absolute atomic E-state index is 0.0122. The highest BCUT2D eigenvalue weighted by Crippen LogP contribution is 2.14. The fourth-order valence-electron chi connectivity index (χ4n) is 1.31. The Kier molecular flexibility index (Phi) is 3.32. The van der Waals surface area contributed by atoms with Gasteiger partial charge in [-0.2, -0.15) is 0 Å².